The molecule has 26 heavy (non-hydrogen) atoms. The van der Waals surface area contributed by atoms with E-state index in [2.05, 4.69) is 0 Å². The van der Waals surface area contributed by atoms with Gasteiger partial charge in [0.2, 0.25) is 0 Å². The van der Waals surface area contributed by atoms with E-state index in [0.29, 0.717) is 17.9 Å². The van der Waals surface area contributed by atoms with Gasteiger partial charge >= 0.3 is 5.97 Å². The molecule has 6 nitrogen and oxygen atoms in total. The van der Waals surface area contributed by atoms with Crippen molar-refractivity contribution in [3.8, 4) is 23.0 Å². The molecule has 0 radical (unpaired) electrons. The summed E-state index contributed by atoms with van der Waals surface area (Å²) in [7, 11) is 0. The Balaban J connectivity index is 1.56. The zero-order valence-corrected chi connectivity index (χ0v) is 14.9. The van der Waals surface area contributed by atoms with Gasteiger partial charge in [0, 0.05) is 29.2 Å². The van der Waals surface area contributed by atoms with Gasteiger partial charge in [0.25, 0.3) is 0 Å². The van der Waals surface area contributed by atoms with Crippen LogP contribution in [0.2, 0.25) is 0 Å². The van der Waals surface area contributed by atoms with E-state index in [4.69, 9.17) is 14.6 Å². The van der Waals surface area contributed by atoms with Crippen molar-refractivity contribution in [2.24, 2.45) is 0 Å². The number of carbonyl (C=O) groups is 1. The molecule has 0 aliphatic carbocycles. The molecule has 138 valence electrons. The number of rotatable bonds is 8. The second kappa shape index (κ2) is 8.23. The van der Waals surface area contributed by atoms with Crippen LogP contribution in [0.5, 0.6) is 23.0 Å². The molecule has 0 amide bonds. The predicted molar refractivity (Wildman–Crippen MR) is 98.4 cm³/mol. The Kier molecular flexibility index (Phi) is 5.78. The van der Waals surface area contributed by atoms with Crippen molar-refractivity contribution in [2.45, 2.75) is 18.9 Å². The third kappa shape index (κ3) is 4.54. The zero-order valence-electron chi connectivity index (χ0n) is 14.1. The number of phenolic OH excluding ortho intramolecular Hbond substituents is 2. The summed E-state index contributed by atoms with van der Waals surface area (Å²) < 4.78 is 11.4. The fourth-order valence-electron chi connectivity index (χ4n) is 2.81. The molecule has 0 saturated carbocycles. The maximum absolute atomic E-state index is 10.5. The van der Waals surface area contributed by atoms with Gasteiger partial charge in [-0.2, -0.15) is 11.8 Å². The number of hydrogen-bond acceptors (Lipinski definition) is 6. The van der Waals surface area contributed by atoms with Gasteiger partial charge in [-0.1, -0.05) is 6.07 Å². The van der Waals surface area contributed by atoms with Crippen LogP contribution in [-0.2, 0) is 11.4 Å². The molecule has 0 saturated heterocycles. The molecule has 7 heteroatoms. The molecule has 2 aromatic carbocycles. The first kappa shape index (κ1) is 18.3. The Hall–Kier alpha value is -2.54. The highest BCUT2D eigenvalue weighted by molar-refractivity contribution is 7.99. The summed E-state index contributed by atoms with van der Waals surface area (Å²) in [5, 5.41) is 27.8. The van der Waals surface area contributed by atoms with Crippen LogP contribution in [-0.4, -0.2) is 39.4 Å². The van der Waals surface area contributed by atoms with Gasteiger partial charge in [-0.05, 0) is 30.4 Å². The van der Waals surface area contributed by atoms with E-state index in [1.807, 2.05) is 18.2 Å². The van der Waals surface area contributed by atoms with Crippen LogP contribution in [0, 0.1) is 0 Å². The van der Waals surface area contributed by atoms with E-state index < -0.39 is 5.97 Å². The molecular weight excluding hydrogens is 356 g/mol. The molecule has 0 unspecified atom stereocenters. The first-order valence-electron chi connectivity index (χ1n) is 8.23. The van der Waals surface area contributed by atoms with Crippen molar-refractivity contribution in [1.29, 1.82) is 0 Å². The van der Waals surface area contributed by atoms with Gasteiger partial charge in [-0.25, -0.2) is 0 Å². The van der Waals surface area contributed by atoms with Gasteiger partial charge in [0.15, 0.2) is 0 Å². The van der Waals surface area contributed by atoms with Gasteiger partial charge in [-0.3, -0.25) is 4.79 Å². The van der Waals surface area contributed by atoms with Gasteiger partial charge in [-0.15, -0.1) is 0 Å². The minimum absolute atomic E-state index is 0.00439. The van der Waals surface area contributed by atoms with Crippen molar-refractivity contribution in [3.05, 3.63) is 47.5 Å². The van der Waals surface area contributed by atoms with E-state index in [0.717, 1.165) is 23.5 Å². The second-order valence-corrected chi connectivity index (χ2v) is 7.15. The van der Waals surface area contributed by atoms with Gasteiger partial charge in [0.05, 0.1) is 12.4 Å². The summed E-state index contributed by atoms with van der Waals surface area (Å²) in [6, 6.07) is 10.1. The van der Waals surface area contributed by atoms with E-state index in [1.165, 1.54) is 23.9 Å². The normalized spacial score (nSPS) is 15.3. The molecule has 1 heterocycles. The minimum atomic E-state index is -0.792. The van der Waals surface area contributed by atoms with Crippen LogP contribution < -0.4 is 9.47 Å². The smallest absolute Gasteiger partial charge is 0.313 e. The summed E-state index contributed by atoms with van der Waals surface area (Å²) in [5.74, 6) is 1.78. The Morgan fingerprint density at radius 1 is 1.23 bits per heavy atom. The summed E-state index contributed by atoms with van der Waals surface area (Å²) in [4.78, 5) is 10.5. The number of fused-ring (bicyclic) bond motifs is 1. The van der Waals surface area contributed by atoms with Gasteiger partial charge in [0.1, 0.15) is 29.6 Å². The summed E-state index contributed by atoms with van der Waals surface area (Å²) in [6.45, 7) is 0.769. The minimum Gasteiger partial charge on any atom is -0.508 e. The number of carboxylic acid groups (broad SMARTS) is 1. The number of aromatic hydroxyl groups is 2. The molecule has 1 atom stereocenters. The molecular formula is C19H20O6S. The van der Waals surface area contributed by atoms with Crippen LogP contribution in [0.1, 0.15) is 23.5 Å². The molecule has 0 spiro atoms. The number of phenols is 2. The standard InChI is InChI=1S/C19H20O6S/c20-14-2-1-13(17(21)7-14)10-24-15-3-4-16-12(9-25-18(16)8-15)5-6-26-11-19(22)23/h1-4,7-8,12,20-21H,5-6,9-11H2,(H,22,23)/t12-/m1/s1. The lowest BCUT2D eigenvalue weighted by Crippen LogP contribution is -2.04. The quantitative estimate of drug-likeness (QED) is 0.608. The lowest BCUT2D eigenvalue weighted by molar-refractivity contribution is -0.133. The summed E-state index contributed by atoms with van der Waals surface area (Å²) in [6.07, 6.45) is 0.868. The number of carboxylic acids is 1. The molecule has 0 bridgehead atoms. The third-order valence-electron chi connectivity index (χ3n) is 4.16. The Morgan fingerprint density at radius 2 is 2.08 bits per heavy atom. The van der Waals surface area contributed by atoms with Crippen LogP contribution in [0.25, 0.3) is 0 Å². The average molecular weight is 376 g/mol. The van der Waals surface area contributed by atoms with Crippen LogP contribution in [0.4, 0.5) is 0 Å². The van der Waals surface area contributed by atoms with Crippen LogP contribution in [0.15, 0.2) is 36.4 Å². The number of ether oxygens (including phenoxy) is 2. The van der Waals surface area contributed by atoms with E-state index in [1.54, 1.807) is 6.07 Å². The Bertz CT molecular complexity index is 792. The van der Waals surface area contributed by atoms with E-state index >= 15 is 0 Å². The second-order valence-electron chi connectivity index (χ2n) is 6.04. The van der Waals surface area contributed by atoms with Crippen molar-refractivity contribution < 1.29 is 29.6 Å². The van der Waals surface area contributed by atoms with Crippen molar-refractivity contribution in [2.75, 3.05) is 18.1 Å². The number of thioether (sulfide) groups is 1. The zero-order chi connectivity index (χ0) is 18.5. The Morgan fingerprint density at radius 3 is 2.85 bits per heavy atom. The molecule has 0 fully saturated rings. The maximum Gasteiger partial charge on any atom is 0.313 e. The SMILES string of the molecule is O=C(O)CSCC[C@@H]1COc2cc(OCc3ccc(O)cc3O)ccc21. The van der Waals surface area contributed by atoms with Crippen molar-refractivity contribution in [1.82, 2.24) is 0 Å². The average Bonchev–Trinajstić information content (AvgIpc) is 3.00. The van der Waals surface area contributed by atoms with Gasteiger partial charge < -0.3 is 24.8 Å². The fourth-order valence-corrected chi connectivity index (χ4v) is 3.58. The highest BCUT2D eigenvalue weighted by atomic mass is 32.2. The first-order chi connectivity index (χ1) is 12.5. The molecule has 0 aromatic heterocycles. The molecule has 3 N–H and O–H groups in total. The largest absolute Gasteiger partial charge is 0.508 e. The van der Waals surface area contributed by atoms with Crippen molar-refractivity contribution in [3.63, 3.8) is 0 Å². The lowest BCUT2D eigenvalue weighted by Gasteiger charge is -2.10. The highest BCUT2D eigenvalue weighted by Crippen LogP contribution is 2.39. The molecule has 3 rings (SSSR count). The fraction of sp³-hybridized carbons (Fsp3) is 0.316. The van der Waals surface area contributed by atoms with Crippen molar-refractivity contribution >= 4 is 17.7 Å². The highest BCUT2D eigenvalue weighted by Gasteiger charge is 2.24. The molecule has 1 aliphatic rings. The van der Waals surface area contributed by atoms with Crippen LogP contribution >= 0.6 is 11.8 Å². The summed E-state index contributed by atoms with van der Waals surface area (Å²) in [5.41, 5.74) is 1.69. The number of hydrogen-bond donors (Lipinski definition) is 3. The Labute approximate surface area is 155 Å². The summed E-state index contributed by atoms with van der Waals surface area (Å²) >= 11 is 1.41. The first-order valence-corrected chi connectivity index (χ1v) is 9.38. The monoisotopic (exact) mass is 376 g/mol. The van der Waals surface area contributed by atoms with E-state index in [9.17, 15) is 15.0 Å². The third-order valence-corrected chi connectivity index (χ3v) is 5.14. The molecule has 1 aliphatic heterocycles. The number of benzene rings is 2. The van der Waals surface area contributed by atoms with Crippen LogP contribution in [0.3, 0.4) is 0 Å². The molecule has 2 aromatic rings. The number of aliphatic carboxylic acids is 1. The predicted octanol–water partition coefficient (Wildman–Crippen LogP) is 3.36. The topological polar surface area (TPSA) is 96.2 Å². The lowest BCUT2D eigenvalue weighted by atomic mass is 9.99. The van der Waals surface area contributed by atoms with E-state index in [-0.39, 0.29) is 29.8 Å². The maximum atomic E-state index is 10.5.